The molecule has 26 heavy (non-hydrogen) atoms. The molecule has 1 aromatic carbocycles. The molecule has 3 heteroatoms. The van der Waals surface area contributed by atoms with Crippen LogP contribution in [-0.2, 0) is 0 Å². The van der Waals surface area contributed by atoms with Crippen molar-refractivity contribution in [1.29, 1.82) is 0 Å². The number of allylic oxidation sites excluding steroid dienone is 1. The summed E-state index contributed by atoms with van der Waals surface area (Å²) in [5, 5.41) is 1.06. The molecule has 0 bridgehead atoms. The summed E-state index contributed by atoms with van der Waals surface area (Å²) in [7, 11) is 0. The Morgan fingerprint density at radius 2 is 1.58 bits per heavy atom. The highest BCUT2D eigenvalue weighted by atomic mass is 16.4. The van der Waals surface area contributed by atoms with E-state index < -0.39 is 0 Å². The Bertz CT molecular complexity index is 908. The van der Waals surface area contributed by atoms with Crippen LogP contribution < -0.4 is 15.5 Å². The number of nitrogens with zero attached hydrogens (tertiary/aromatic N) is 2. The standard InChI is InChI=1S/C23H26N2O/c1-3-11-24(12-4-1)20-9-7-18-15-19-8-10-21(25-13-5-2-6-14-25)17-23(19)26-22(18)16-20/h7-10,16-17H,1-6,11-14H2. The van der Waals surface area contributed by atoms with Gasteiger partial charge in [-0.25, -0.2) is 0 Å². The van der Waals surface area contributed by atoms with Crippen LogP contribution >= 0.6 is 0 Å². The minimum atomic E-state index is 0.941. The van der Waals surface area contributed by atoms with Gasteiger partial charge < -0.3 is 9.80 Å². The van der Waals surface area contributed by atoms with E-state index in [4.69, 9.17) is 4.42 Å². The fourth-order valence-corrected chi connectivity index (χ4v) is 4.36. The van der Waals surface area contributed by atoms with E-state index >= 15 is 0 Å². The van der Waals surface area contributed by atoms with Crippen molar-refractivity contribution < 1.29 is 0 Å². The molecule has 1 aromatic rings. The zero-order valence-electron chi connectivity index (χ0n) is 15.3. The summed E-state index contributed by atoms with van der Waals surface area (Å²) in [6, 6.07) is 6.57. The molecule has 0 spiro atoms. The highest BCUT2D eigenvalue weighted by Crippen LogP contribution is 2.28. The number of anilines is 1. The number of hydrogen-bond donors (Lipinski definition) is 0. The number of fused-ring (bicyclic) bond motifs is 2. The van der Waals surface area contributed by atoms with Gasteiger partial charge >= 0.3 is 5.43 Å². The van der Waals surface area contributed by atoms with Crippen LogP contribution in [0.25, 0.3) is 5.73 Å². The molecule has 3 nitrogen and oxygen atoms in total. The summed E-state index contributed by atoms with van der Waals surface area (Å²) in [4.78, 5) is 4.96. The molecular weight excluding hydrogens is 320 g/mol. The average molecular weight is 346 g/mol. The number of benzene rings is 1. The zero-order chi connectivity index (χ0) is 17.3. The molecule has 0 amide bonds. The van der Waals surface area contributed by atoms with Gasteiger partial charge in [-0.05, 0) is 56.4 Å². The molecule has 0 N–H and O–H groups in total. The van der Waals surface area contributed by atoms with Crippen molar-refractivity contribution in [2.24, 2.45) is 0 Å². The molecule has 1 aliphatic carbocycles. The maximum absolute atomic E-state index is 6.32. The van der Waals surface area contributed by atoms with E-state index in [-0.39, 0.29) is 0 Å². The Balaban J connectivity index is 1.48. The molecule has 2 fully saturated rings. The van der Waals surface area contributed by atoms with E-state index in [1.165, 1.54) is 49.9 Å². The molecule has 0 unspecified atom stereocenters. The van der Waals surface area contributed by atoms with E-state index in [1.54, 1.807) is 0 Å². The van der Waals surface area contributed by atoms with Gasteiger partial charge in [0.15, 0.2) is 0 Å². The molecule has 2 saturated heterocycles. The van der Waals surface area contributed by atoms with Gasteiger partial charge in [0.2, 0.25) is 0 Å². The number of hydrogen-bond acceptors (Lipinski definition) is 2. The van der Waals surface area contributed by atoms with E-state index in [1.807, 2.05) is 0 Å². The lowest BCUT2D eigenvalue weighted by molar-refractivity contribution is 0.292. The fraction of sp³-hybridized carbons (Fsp3) is 0.435. The Kier molecular flexibility index (Phi) is 4.10. The van der Waals surface area contributed by atoms with Crippen molar-refractivity contribution in [3.63, 3.8) is 0 Å². The molecule has 134 valence electrons. The third-order valence-electron chi connectivity index (χ3n) is 5.86. The molecule has 5 rings (SSSR count). The van der Waals surface area contributed by atoms with Crippen LogP contribution in [-0.4, -0.2) is 31.1 Å². The first kappa shape index (κ1) is 15.8. The maximum atomic E-state index is 6.32. The van der Waals surface area contributed by atoms with Crippen molar-refractivity contribution in [1.82, 2.24) is 4.90 Å². The second-order valence-electron chi connectivity index (χ2n) is 7.68. The molecule has 0 radical (unpaired) electrons. The third-order valence-corrected chi connectivity index (χ3v) is 5.86. The highest BCUT2D eigenvalue weighted by molar-refractivity contribution is 5.60. The lowest BCUT2D eigenvalue weighted by atomic mass is 10.00. The minimum Gasteiger partial charge on any atom is -0.402 e. The van der Waals surface area contributed by atoms with Gasteiger partial charge in [0, 0.05) is 48.7 Å². The molecule has 0 saturated carbocycles. The van der Waals surface area contributed by atoms with Crippen molar-refractivity contribution in [3.8, 4) is 0 Å². The van der Waals surface area contributed by atoms with Gasteiger partial charge in [-0.3, -0.25) is 4.42 Å². The molecule has 3 heterocycles. The second-order valence-corrected chi connectivity index (χ2v) is 7.68. The predicted octanol–water partition coefficient (Wildman–Crippen LogP) is 3.08. The smallest absolute Gasteiger partial charge is 0.302 e. The normalized spacial score (nSPS) is 21.9. The lowest BCUT2D eigenvalue weighted by Crippen LogP contribution is -2.34. The minimum absolute atomic E-state index is 0.941. The first-order valence-electron chi connectivity index (χ1n) is 10.1. The topological polar surface area (TPSA) is 17.8 Å². The summed E-state index contributed by atoms with van der Waals surface area (Å²) < 4.78 is 6.32. The second kappa shape index (κ2) is 6.74. The van der Waals surface area contributed by atoms with Gasteiger partial charge in [0.25, 0.3) is 6.10 Å². The van der Waals surface area contributed by atoms with E-state index in [2.05, 4.69) is 52.0 Å². The molecule has 3 aliphatic heterocycles. The summed E-state index contributed by atoms with van der Waals surface area (Å²) >= 11 is 0. The Hall–Kier alpha value is -2.38. The molecule has 0 atom stereocenters. The molecule has 0 aromatic heterocycles. The van der Waals surface area contributed by atoms with Crippen molar-refractivity contribution in [2.75, 3.05) is 31.1 Å². The quantitative estimate of drug-likeness (QED) is 0.605. The van der Waals surface area contributed by atoms with Crippen LogP contribution in [0, 0.1) is 6.10 Å². The fourth-order valence-electron chi connectivity index (χ4n) is 4.36. The lowest BCUT2D eigenvalue weighted by Gasteiger charge is -2.33. The van der Waals surface area contributed by atoms with E-state index in [9.17, 15) is 0 Å². The van der Waals surface area contributed by atoms with Gasteiger partial charge in [-0.1, -0.05) is 6.07 Å². The summed E-state index contributed by atoms with van der Waals surface area (Å²) in [5.74, 6) is 0. The Morgan fingerprint density at radius 3 is 2.35 bits per heavy atom. The summed E-state index contributed by atoms with van der Waals surface area (Å²) in [5.41, 5.74) is 8.10. The summed E-state index contributed by atoms with van der Waals surface area (Å²) in [6.07, 6.45) is 15.4. The van der Waals surface area contributed by atoms with Crippen molar-refractivity contribution >= 4 is 11.4 Å². The predicted molar refractivity (Wildman–Crippen MR) is 107 cm³/mol. The Morgan fingerprint density at radius 1 is 0.846 bits per heavy atom. The van der Waals surface area contributed by atoms with Gasteiger partial charge in [0.1, 0.15) is 0 Å². The van der Waals surface area contributed by atoms with Crippen LogP contribution in [0.1, 0.15) is 38.5 Å². The van der Waals surface area contributed by atoms with Crippen LogP contribution in [0.3, 0.4) is 0 Å². The molecule has 4 aliphatic rings. The highest BCUT2D eigenvalue weighted by Gasteiger charge is 2.23. The average Bonchev–Trinajstić information content (AvgIpc) is 2.73. The molecular formula is C23H26N2O. The number of rotatable bonds is 2. The van der Waals surface area contributed by atoms with Crippen LogP contribution in [0.5, 0.6) is 0 Å². The van der Waals surface area contributed by atoms with Gasteiger partial charge in [-0.15, -0.1) is 12.2 Å². The first-order valence-corrected chi connectivity index (χ1v) is 10.1. The third kappa shape index (κ3) is 2.97. The van der Waals surface area contributed by atoms with Gasteiger partial charge in [-0.2, -0.15) is 5.73 Å². The maximum Gasteiger partial charge on any atom is 0.302 e. The first-order chi connectivity index (χ1) is 12.9. The zero-order valence-corrected chi connectivity index (χ0v) is 15.3. The number of likely N-dealkylation sites (tertiary alicyclic amines) is 1. The van der Waals surface area contributed by atoms with Crippen molar-refractivity contribution in [2.45, 2.75) is 38.5 Å². The van der Waals surface area contributed by atoms with Crippen molar-refractivity contribution in [3.05, 3.63) is 68.9 Å². The largest absolute Gasteiger partial charge is 0.402 e. The summed E-state index contributed by atoms with van der Waals surface area (Å²) in [6.45, 7) is 4.62. The van der Waals surface area contributed by atoms with Gasteiger partial charge in [0.05, 0.1) is 0 Å². The number of piperidine rings is 2. The van der Waals surface area contributed by atoms with Crippen LogP contribution in [0.15, 0.2) is 52.1 Å². The Labute approximate surface area is 155 Å². The SMILES string of the molecule is C1=C2C=CC(N3CCCCC3)=C[C-]2[O+]=c2cc(N3CCCCC3)ccc2=1. The van der Waals surface area contributed by atoms with Crippen LogP contribution in [0.2, 0.25) is 0 Å². The van der Waals surface area contributed by atoms with E-state index in [0.29, 0.717) is 0 Å². The van der Waals surface area contributed by atoms with E-state index in [0.717, 1.165) is 48.5 Å². The monoisotopic (exact) mass is 346 g/mol. The van der Waals surface area contributed by atoms with Crippen LogP contribution in [0.4, 0.5) is 5.69 Å².